The Kier molecular flexibility index (Phi) is 9.71. The van der Waals surface area contributed by atoms with E-state index in [9.17, 15) is 9.59 Å². The van der Waals surface area contributed by atoms with Gasteiger partial charge in [-0.2, -0.15) is 4.98 Å². The molecule has 1 aliphatic rings. The van der Waals surface area contributed by atoms with E-state index in [1.165, 1.54) is 6.07 Å². The predicted molar refractivity (Wildman–Crippen MR) is 155 cm³/mol. The van der Waals surface area contributed by atoms with Crippen molar-refractivity contribution in [3.8, 4) is 5.69 Å². The van der Waals surface area contributed by atoms with Crippen molar-refractivity contribution in [3.05, 3.63) is 76.5 Å². The Morgan fingerprint density at radius 2 is 1.55 bits per heavy atom. The maximum atomic E-state index is 13.0. The molecule has 210 valence electrons. The van der Waals surface area contributed by atoms with Gasteiger partial charge in [0.05, 0.1) is 11.4 Å². The van der Waals surface area contributed by atoms with Crippen LogP contribution in [0.25, 0.3) is 16.7 Å². The number of aryl methyl sites for hydroxylation is 1. The Morgan fingerprint density at radius 1 is 0.925 bits per heavy atom. The summed E-state index contributed by atoms with van der Waals surface area (Å²) in [7, 11) is 3.75. The molecule has 4 aromatic rings. The van der Waals surface area contributed by atoms with Crippen LogP contribution in [-0.2, 0) is 0 Å². The van der Waals surface area contributed by atoms with Crippen molar-refractivity contribution in [2.24, 2.45) is 0 Å². The van der Waals surface area contributed by atoms with Crippen molar-refractivity contribution in [1.29, 1.82) is 0 Å². The molecule has 3 N–H and O–H groups in total. The zero-order valence-corrected chi connectivity index (χ0v) is 23.0. The average Bonchev–Trinajstić information content (AvgIpc) is 2.98. The van der Waals surface area contributed by atoms with Crippen molar-refractivity contribution in [2.75, 3.05) is 63.2 Å². The van der Waals surface area contributed by atoms with Gasteiger partial charge in [-0.05, 0) is 63.8 Å². The Bertz CT molecular complexity index is 1470. The summed E-state index contributed by atoms with van der Waals surface area (Å²) >= 11 is 0. The van der Waals surface area contributed by atoms with E-state index >= 15 is 0 Å². The summed E-state index contributed by atoms with van der Waals surface area (Å²) in [6, 6.07) is 11.9. The molecule has 0 bridgehead atoms. The zero-order valence-electron chi connectivity index (χ0n) is 23.0. The molecule has 4 heterocycles. The second-order valence-electron chi connectivity index (χ2n) is 9.26. The molecule has 40 heavy (non-hydrogen) atoms. The van der Waals surface area contributed by atoms with Crippen LogP contribution in [0.5, 0.6) is 0 Å². The van der Waals surface area contributed by atoms with Crippen LogP contribution in [0.4, 0.5) is 11.9 Å². The number of nitrogens with zero attached hydrogens (tertiary/aromatic N) is 7. The first-order valence-electron chi connectivity index (χ1n) is 13.2. The molecule has 0 saturated carbocycles. The SMILES string of the molecule is CNC.Cc1nc(N2CCN(c3ncccn3)CC2)nc2c1ccc(=O)n2-c1ccc(C(=O)NCCCO)cc1. The summed E-state index contributed by atoms with van der Waals surface area (Å²) < 4.78 is 1.55. The van der Waals surface area contributed by atoms with E-state index in [2.05, 4.69) is 30.4 Å². The standard InChI is InChI=1S/C26H28N8O3.C2H7N/c1-18-21-8-9-22(36)34(20-6-4-19(5-7-20)24(37)27-12-3-17-35)23(21)31-26(30-18)33-15-13-32(14-16-33)25-28-10-2-11-29-25;1-3-2/h2,4-11,35H,3,12-17H2,1H3,(H,27,37);3H,1-2H3. The number of carbonyl (C=O) groups excluding carboxylic acids is 1. The van der Waals surface area contributed by atoms with Crippen LogP contribution < -0.4 is 26.0 Å². The molecule has 0 radical (unpaired) electrons. The van der Waals surface area contributed by atoms with Gasteiger partial charge in [-0.25, -0.2) is 15.0 Å². The van der Waals surface area contributed by atoms with Gasteiger partial charge < -0.3 is 25.5 Å². The van der Waals surface area contributed by atoms with Crippen LogP contribution >= 0.6 is 0 Å². The van der Waals surface area contributed by atoms with Gasteiger partial charge in [-0.3, -0.25) is 14.2 Å². The molecule has 1 aliphatic heterocycles. The number of hydrogen-bond acceptors (Lipinski definition) is 10. The number of rotatable bonds is 7. The number of amides is 1. The molecule has 0 atom stereocenters. The van der Waals surface area contributed by atoms with E-state index in [-0.39, 0.29) is 18.1 Å². The number of fused-ring (bicyclic) bond motifs is 1. The number of pyridine rings is 1. The first-order valence-corrected chi connectivity index (χ1v) is 13.2. The topological polar surface area (TPSA) is 141 Å². The predicted octanol–water partition coefficient (Wildman–Crippen LogP) is 1.15. The largest absolute Gasteiger partial charge is 0.396 e. The van der Waals surface area contributed by atoms with E-state index in [1.54, 1.807) is 53.4 Å². The number of piperazine rings is 1. The van der Waals surface area contributed by atoms with Crippen molar-refractivity contribution < 1.29 is 9.90 Å². The first kappa shape index (κ1) is 28.6. The number of aliphatic hydroxyl groups is 1. The fraction of sp³-hybridized carbons (Fsp3) is 0.357. The van der Waals surface area contributed by atoms with E-state index < -0.39 is 0 Å². The van der Waals surface area contributed by atoms with Crippen molar-refractivity contribution in [3.63, 3.8) is 0 Å². The molecular formula is C28H35N9O3. The minimum absolute atomic E-state index is 0.0175. The van der Waals surface area contributed by atoms with E-state index in [4.69, 9.17) is 15.1 Å². The van der Waals surface area contributed by atoms with E-state index in [0.717, 1.165) is 24.2 Å². The monoisotopic (exact) mass is 545 g/mol. The van der Waals surface area contributed by atoms with Gasteiger partial charge in [0.1, 0.15) is 0 Å². The lowest BCUT2D eigenvalue weighted by atomic mass is 10.1. The lowest BCUT2D eigenvalue weighted by Crippen LogP contribution is -2.47. The van der Waals surface area contributed by atoms with Crippen LogP contribution in [0.1, 0.15) is 22.5 Å². The van der Waals surface area contributed by atoms with Gasteiger partial charge in [-0.15, -0.1) is 0 Å². The third-order valence-electron chi connectivity index (χ3n) is 6.33. The first-order chi connectivity index (χ1) is 19.5. The molecule has 1 amide bonds. The highest BCUT2D eigenvalue weighted by Crippen LogP contribution is 2.22. The fourth-order valence-corrected chi connectivity index (χ4v) is 4.35. The molecule has 0 unspecified atom stereocenters. The van der Waals surface area contributed by atoms with Gasteiger partial charge in [0.25, 0.3) is 11.5 Å². The molecule has 1 saturated heterocycles. The molecule has 12 heteroatoms. The molecule has 5 rings (SSSR count). The van der Waals surface area contributed by atoms with Gasteiger partial charge in [-0.1, -0.05) is 0 Å². The average molecular weight is 546 g/mol. The van der Waals surface area contributed by atoms with Gasteiger partial charge in [0, 0.05) is 68.7 Å². The van der Waals surface area contributed by atoms with Crippen LogP contribution in [0.2, 0.25) is 0 Å². The zero-order chi connectivity index (χ0) is 28.5. The van der Waals surface area contributed by atoms with Crippen LogP contribution in [0, 0.1) is 6.92 Å². The van der Waals surface area contributed by atoms with Crippen molar-refractivity contribution in [1.82, 2.24) is 35.1 Å². The lowest BCUT2D eigenvalue weighted by molar-refractivity contribution is 0.0951. The van der Waals surface area contributed by atoms with E-state index in [1.807, 2.05) is 21.0 Å². The quantitative estimate of drug-likeness (QED) is 0.290. The van der Waals surface area contributed by atoms with Crippen molar-refractivity contribution in [2.45, 2.75) is 13.3 Å². The summed E-state index contributed by atoms with van der Waals surface area (Å²) in [5, 5.41) is 15.2. The summed E-state index contributed by atoms with van der Waals surface area (Å²) in [6.45, 7) is 5.17. The summed E-state index contributed by atoms with van der Waals surface area (Å²) in [6.07, 6.45) is 3.96. The van der Waals surface area contributed by atoms with Gasteiger partial charge >= 0.3 is 0 Å². The van der Waals surface area contributed by atoms with Crippen molar-refractivity contribution >= 4 is 28.8 Å². The van der Waals surface area contributed by atoms with Gasteiger partial charge in [0.2, 0.25) is 11.9 Å². The normalized spacial score (nSPS) is 13.1. The maximum Gasteiger partial charge on any atom is 0.256 e. The Labute approximate surface area is 232 Å². The molecular weight excluding hydrogens is 510 g/mol. The molecule has 12 nitrogen and oxygen atoms in total. The van der Waals surface area contributed by atoms with Gasteiger partial charge in [0.15, 0.2) is 5.65 Å². The number of carbonyl (C=O) groups is 1. The third kappa shape index (κ3) is 6.58. The molecule has 3 aromatic heterocycles. The Balaban J connectivity index is 0.00000118. The van der Waals surface area contributed by atoms with Crippen LogP contribution in [-0.4, -0.2) is 88.9 Å². The second kappa shape index (κ2) is 13.6. The second-order valence-corrected chi connectivity index (χ2v) is 9.26. The highest BCUT2D eigenvalue weighted by molar-refractivity contribution is 5.94. The summed E-state index contributed by atoms with van der Waals surface area (Å²) in [5.74, 6) is 1.04. The molecule has 0 aliphatic carbocycles. The molecule has 1 fully saturated rings. The third-order valence-corrected chi connectivity index (χ3v) is 6.33. The Hall–Kier alpha value is -4.42. The summed E-state index contributed by atoms with van der Waals surface area (Å²) in [5.41, 5.74) is 2.16. The van der Waals surface area contributed by atoms with E-state index in [0.29, 0.717) is 54.8 Å². The lowest BCUT2D eigenvalue weighted by Gasteiger charge is -2.34. The number of hydrogen-bond donors (Lipinski definition) is 3. The number of aliphatic hydroxyl groups excluding tert-OH is 1. The summed E-state index contributed by atoms with van der Waals surface area (Å²) in [4.78, 5) is 47.8. The smallest absolute Gasteiger partial charge is 0.256 e. The minimum atomic E-state index is -0.231. The number of aromatic nitrogens is 5. The molecule has 1 aromatic carbocycles. The molecule has 0 spiro atoms. The number of nitrogens with one attached hydrogen (secondary N) is 2. The Morgan fingerprint density at radius 3 is 2.17 bits per heavy atom. The highest BCUT2D eigenvalue weighted by atomic mass is 16.3. The fourth-order valence-electron chi connectivity index (χ4n) is 4.35. The maximum absolute atomic E-state index is 13.0. The minimum Gasteiger partial charge on any atom is -0.396 e. The number of anilines is 2. The van der Waals surface area contributed by atoms with Crippen LogP contribution in [0.3, 0.4) is 0 Å². The highest BCUT2D eigenvalue weighted by Gasteiger charge is 2.22. The number of benzene rings is 1. The van der Waals surface area contributed by atoms with Crippen LogP contribution in [0.15, 0.2) is 59.7 Å².